The highest BCUT2D eigenvalue weighted by Crippen LogP contribution is 2.19. The fourth-order valence-electron chi connectivity index (χ4n) is 4.25. The first-order valence-corrected chi connectivity index (χ1v) is 11.2. The van der Waals surface area contributed by atoms with Crippen LogP contribution in [0.2, 0.25) is 0 Å². The summed E-state index contributed by atoms with van der Waals surface area (Å²) in [5.41, 5.74) is 3.19. The van der Waals surface area contributed by atoms with Gasteiger partial charge in [0.25, 0.3) is 0 Å². The summed E-state index contributed by atoms with van der Waals surface area (Å²) in [6.07, 6.45) is 7.77. The number of hydrogen-bond acceptors (Lipinski definition) is 1. The van der Waals surface area contributed by atoms with Crippen LogP contribution in [0.15, 0.2) is 72.9 Å². The molecule has 0 atom stereocenters. The lowest BCUT2D eigenvalue weighted by Gasteiger charge is -2.29. The quantitative estimate of drug-likeness (QED) is 0.522. The van der Waals surface area contributed by atoms with E-state index in [1.54, 1.807) is 12.1 Å². The molecule has 3 aromatic rings. The molecule has 1 saturated carbocycles. The molecule has 0 spiro atoms. The van der Waals surface area contributed by atoms with Crippen LogP contribution >= 0.6 is 0 Å². The highest BCUT2D eigenvalue weighted by molar-refractivity contribution is 5.74. The zero-order valence-electron chi connectivity index (χ0n) is 17.8. The van der Waals surface area contributed by atoms with Gasteiger partial charge < -0.3 is 14.8 Å². The van der Waals surface area contributed by atoms with E-state index in [9.17, 15) is 9.18 Å². The zero-order chi connectivity index (χ0) is 21.5. The van der Waals surface area contributed by atoms with Crippen molar-refractivity contribution in [3.8, 4) is 0 Å². The van der Waals surface area contributed by atoms with Crippen molar-refractivity contribution in [2.24, 2.45) is 0 Å². The first kappa shape index (κ1) is 21.2. The molecular formula is C26H30FN3O. The average Bonchev–Trinajstić information content (AvgIpc) is 3.23. The number of aromatic nitrogens is 1. The van der Waals surface area contributed by atoms with Gasteiger partial charge in [-0.1, -0.05) is 61.7 Å². The summed E-state index contributed by atoms with van der Waals surface area (Å²) >= 11 is 0. The Morgan fingerprint density at radius 1 is 0.903 bits per heavy atom. The molecule has 1 aromatic heterocycles. The fourth-order valence-corrected chi connectivity index (χ4v) is 4.25. The third-order valence-electron chi connectivity index (χ3n) is 5.98. The molecule has 31 heavy (non-hydrogen) atoms. The minimum absolute atomic E-state index is 0.00900. The lowest BCUT2D eigenvalue weighted by atomic mass is 9.96. The largest absolute Gasteiger partial charge is 0.345 e. The Morgan fingerprint density at radius 3 is 2.39 bits per heavy atom. The van der Waals surface area contributed by atoms with Crippen LogP contribution in [0.1, 0.15) is 48.9 Å². The SMILES string of the molecule is O=C(NC1CCCCC1)N(Cc1ccccc1)Cc1cccn1Cc1ccc(F)cc1. The molecule has 2 amide bonds. The Labute approximate surface area is 183 Å². The van der Waals surface area contributed by atoms with Gasteiger partial charge in [-0.25, -0.2) is 9.18 Å². The zero-order valence-corrected chi connectivity index (χ0v) is 17.8. The van der Waals surface area contributed by atoms with Crippen LogP contribution < -0.4 is 5.32 Å². The number of amides is 2. The van der Waals surface area contributed by atoms with Crippen molar-refractivity contribution in [3.63, 3.8) is 0 Å². The molecule has 1 fully saturated rings. The molecule has 0 bridgehead atoms. The van der Waals surface area contributed by atoms with Crippen LogP contribution in [0, 0.1) is 5.82 Å². The Balaban J connectivity index is 1.49. The van der Waals surface area contributed by atoms with Gasteiger partial charge in [0, 0.05) is 31.0 Å². The molecule has 4 rings (SSSR count). The number of benzene rings is 2. The van der Waals surface area contributed by atoms with Gasteiger partial charge in [-0.3, -0.25) is 0 Å². The number of urea groups is 1. The molecule has 4 nitrogen and oxygen atoms in total. The van der Waals surface area contributed by atoms with E-state index in [1.807, 2.05) is 35.4 Å². The summed E-state index contributed by atoms with van der Waals surface area (Å²) in [6, 6.07) is 21.0. The van der Waals surface area contributed by atoms with Crippen molar-refractivity contribution in [1.29, 1.82) is 0 Å². The number of carbonyl (C=O) groups is 1. The molecule has 1 heterocycles. The number of carbonyl (C=O) groups excluding carboxylic acids is 1. The summed E-state index contributed by atoms with van der Waals surface area (Å²) in [5, 5.41) is 3.26. The maximum atomic E-state index is 13.2. The average molecular weight is 420 g/mol. The van der Waals surface area contributed by atoms with Crippen LogP contribution in [0.25, 0.3) is 0 Å². The molecule has 0 saturated heterocycles. The van der Waals surface area contributed by atoms with Crippen molar-refractivity contribution >= 4 is 6.03 Å². The van der Waals surface area contributed by atoms with E-state index in [0.717, 1.165) is 29.7 Å². The fraction of sp³-hybridized carbons (Fsp3) is 0.346. The molecule has 0 radical (unpaired) electrons. The van der Waals surface area contributed by atoms with E-state index in [-0.39, 0.29) is 17.9 Å². The molecule has 0 unspecified atom stereocenters. The van der Waals surface area contributed by atoms with Gasteiger partial charge in [0.2, 0.25) is 0 Å². The predicted octanol–water partition coefficient (Wildman–Crippen LogP) is 5.72. The molecule has 162 valence electrons. The topological polar surface area (TPSA) is 37.3 Å². The minimum Gasteiger partial charge on any atom is -0.345 e. The van der Waals surface area contributed by atoms with Crippen molar-refractivity contribution in [3.05, 3.63) is 95.6 Å². The van der Waals surface area contributed by atoms with Crippen molar-refractivity contribution in [1.82, 2.24) is 14.8 Å². The van der Waals surface area contributed by atoms with Crippen molar-refractivity contribution in [2.45, 2.75) is 57.8 Å². The van der Waals surface area contributed by atoms with Crippen molar-refractivity contribution in [2.75, 3.05) is 0 Å². The number of nitrogens with zero attached hydrogens (tertiary/aromatic N) is 2. The van der Waals surface area contributed by atoms with E-state index in [2.05, 4.69) is 28.1 Å². The maximum Gasteiger partial charge on any atom is 0.318 e. The summed E-state index contributed by atoms with van der Waals surface area (Å²) < 4.78 is 15.4. The van der Waals surface area contributed by atoms with Gasteiger partial charge in [0.05, 0.1) is 6.54 Å². The Kier molecular flexibility index (Phi) is 7.03. The van der Waals surface area contributed by atoms with Gasteiger partial charge in [-0.2, -0.15) is 0 Å². The predicted molar refractivity (Wildman–Crippen MR) is 121 cm³/mol. The molecule has 5 heteroatoms. The van der Waals surface area contributed by atoms with Crippen LogP contribution in [-0.2, 0) is 19.6 Å². The highest BCUT2D eigenvalue weighted by Gasteiger charge is 2.21. The van der Waals surface area contributed by atoms with Gasteiger partial charge >= 0.3 is 6.03 Å². The van der Waals surface area contributed by atoms with Gasteiger partial charge in [0.1, 0.15) is 5.82 Å². The number of halogens is 1. The maximum absolute atomic E-state index is 13.2. The molecular weight excluding hydrogens is 389 g/mol. The van der Waals surface area contributed by atoms with E-state index in [4.69, 9.17) is 0 Å². The van der Waals surface area contributed by atoms with Gasteiger partial charge in [-0.05, 0) is 48.2 Å². The second-order valence-electron chi connectivity index (χ2n) is 8.38. The standard InChI is InChI=1S/C26H30FN3O/c27-23-15-13-22(14-16-23)18-29-17-7-12-25(29)20-30(19-21-8-3-1-4-9-21)26(31)28-24-10-5-2-6-11-24/h1,3-4,7-9,12-17,24H,2,5-6,10-11,18-20H2,(H,28,31). The van der Waals surface area contributed by atoms with Gasteiger partial charge in [-0.15, -0.1) is 0 Å². The van der Waals surface area contributed by atoms with E-state index in [0.29, 0.717) is 19.6 Å². The van der Waals surface area contributed by atoms with Crippen LogP contribution in [0.3, 0.4) is 0 Å². The Hall–Kier alpha value is -3.08. The van der Waals surface area contributed by atoms with Crippen LogP contribution in [0.4, 0.5) is 9.18 Å². The molecule has 1 aliphatic rings. The van der Waals surface area contributed by atoms with Gasteiger partial charge in [0.15, 0.2) is 0 Å². The smallest absolute Gasteiger partial charge is 0.318 e. The highest BCUT2D eigenvalue weighted by atomic mass is 19.1. The molecule has 1 N–H and O–H groups in total. The normalized spacial score (nSPS) is 14.4. The lowest BCUT2D eigenvalue weighted by Crippen LogP contribution is -2.45. The summed E-state index contributed by atoms with van der Waals surface area (Å²) in [5.74, 6) is -0.232. The Bertz CT molecular complexity index is 962. The monoisotopic (exact) mass is 419 g/mol. The van der Waals surface area contributed by atoms with Crippen LogP contribution in [0.5, 0.6) is 0 Å². The molecule has 2 aromatic carbocycles. The second kappa shape index (κ2) is 10.3. The van der Waals surface area contributed by atoms with Crippen LogP contribution in [-0.4, -0.2) is 21.5 Å². The number of hydrogen-bond donors (Lipinski definition) is 1. The first-order valence-electron chi connectivity index (χ1n) is 11.2. The first-order chi connectivity index (χ1) is 15.2. The third kappa shape index (κ3) is 5.97. The molecule has 1 aliphatic carbocycles. The van der Waals surface area contributed by atoms with E-state index >= 15 is 0 Å². The lowest BCUT2D eigenvalue weighted by molar-refractivity contribution is 0.183. The number of nitrogens with one attached hydrogen (secondary N) is 1. The molecule has 0 aliphatic heterocycles. The summed E-state index contributed by atoms with van der Waals surface area (Å²) in [4.78, 5) is 15.1. The Morgan fingerprint density at radius 2 is 1.65 bits per heavy atom. The van der Waals surface area contributed by atoms with Crippen molar-refractivity contribution < 1.29 is 9.18 Å². The minimum atomic E-state index is -0.232. The second-order valence-corrected chi connectivity index (χ2v) is 8.38. The number of rotatable bonds is 7. The third-order valence-corrected chi connectivity index (χ3v) is 5.98. The summed E-state index contributed by atoms with van der Waals surface area (Å²) in [7, 11) is 0. The van der Waals surface area contributed by atoms with E-state index < -0.39 is 0 Å². The summed E-state index contributed by atoms with van der Waals surface area (Å²) in [6.45, 7) is 1.72. The van der Waals surface area contributed by atoms with E-state index in [1.165, 1.54) is 31.4 Å².